The number of piperidine rings is 1. The molecule has 1 unspecified atom stereocenters. The summed E-state index contributed by atoms with van der Waals surface area (Å²) in [5.74, 6) is 4.23. The molecule has 1 aromatic carbocycles. The molecule has 2 aromatic heterocycles. The Morgan fingerprint density at radius 2 is 2.03 bits per heavy atom. The third kappa shape index (κ3) is 3.73. The van der Waals surface area contributed by atoms with Crippen LogP contribution in [0.4, 0.5) is 5.82 Å². The quantitative estimate of drug-likeness (QED) is 0.589. The normalized spacial score (nSPS) is 21.2. The smallest absolute Gasteiger partial charge is 0.254 e. The molecule has 0 saturated carbocycles. The minimum atomic E-state index is -0.0279. The Morgan fingerprint density at radius 3 is 2.81 bits per heavy atom. The highest BCUT2D eigenvalue weighted by molar-refractivity contribution is 5.94. The number of carbonyl (C=O) groups is 1. The third-order valence-corrected chi connectivity index (χ3v) is 6.72. The van der Waals surface area contributed by atoms with Gasteiger partial charge in [-0.25, -0.2) is 9.50 Å². The van der Waals surface area contributed by atoms with Gasteiger partial charge in [-0.2, -0.15) is 5.10 Å². The lowest BCUT2D eigenvalue weighted by Crippen LogP contribution is -2.38. The van der Waals surface area contributed by atoms with Crippen molar-refractivity contribution in [3.63, 3.8) is 0 Å². The Labute approximate surface area is 189 Å². The van der Waals surface area contributed by atoms with Crippen molar-refractivity contribution < 1.29 is 4.79 Å². The number of nitrogens with zero attached hydrogens (tertiary/aromatic N) is 5. The van der Waals surface area contributed by atoms with Crippen molar-refractivity contribution in [3.05, 3.63) is 58.9 Å². The first kappa shape index (κ1) is 20.6. The van der Waals surface area contributed by atoms with Gasteiger partial charge in [-0.3, -0.25) is 4.79 Å². The number of rotatable bonds is 3. The van der Waals surface area contributed by atoms with E-state index in [-0.39, 0.29) is 17.9 Å². The second-order valence-corrected chi connectivity index (χ2v) is 9.10. The Kier molecular flexibility index (Phi) is 5.34. The van der Waals surface area contributed by atoms with Crippen LogP contribution in [0.2, 0.25) is 0 Å². The lowest BCUT2D eigenvalue weighted by Gasteiger charge is -2.34. The summed E-state index contributed by atoms with van der Waals surface area (Å²) in [7, 11) is 0. The van der Waals surface area contributed by atoms with Crippen LogP contribution in [0.25, 0.3) is 5.65 Å². The average Bonchev–Trinajstić information content (AvgIpc) is 3.44. The van der Waals surface area contributed by atoms with Crippen LogP contribution in [0, 0.1) is 32.1 Å². The number of likely N-dealkylation sites (tertiary alicyclic amines) is 1. The second-order valence-electron chi connectivity index (χ2n) is 9.10. The molecular weight excluding hydrogens is 398 g/mol. The Balaban J connectivity index is 1.46. The van der Waals surface area contributed by atoms with Crippen LogP contribution in [-0.2, 0) is 0 Å². The van der Waals surface area contributed by atoms with E-state index < -0.39 is 0 Å². The fraction of sp³-hybridized carbons (Fsp3) is 0.423. The summed E-state index contributed by atoms with van der Waals surface area (Å²) >= 11 is 0. The van der Waals surface area contributed by atoms with E-state index in [4.69, 9.17) is 16.5 Å². The number of carbonyl (C=O) groups excluding carboxylic acids is 1. The van der Waals surface area contributed by atoms with E-state index in [2.05, 4.69) is 17.7 Å². The van der Waals surface area contributed by atoms with Crippen molar-refractivity contribution in [2.45, 2.75) is 45.6 Å². The largest absolute Gasteiger partial charge is 0.355 e. The van der Waals surface area contributed by atoms with E-state index in [9.17, 15) is 4.79 Å². The lowest BCUT2D eigenvalue weighted by atomic mass is 9.98. The SMILES string of the molecule is C#CC1CCN(c2nc3cc([C@@H]4CCCCN4C(=O)c4cccc(C)c4)nn3cc2C)C1. The topological polar surface area (TPSA) is 53.7 Å². The number of anilines is 1. The van der Waals surface area contributed by atoms with Gasteiger partial charge in [0.2, 0.25) is 0 Å². The van der Waals surface area contributed by atoms with E-state index in [1.165, 1.54) is 0 Å². The molecule has 6 heteroatoms. The molecule has 164 valence electrons. The fourth-order valence-electron chi connectivity index (χ4n) is 5.02. The fourth-order valence-corrected chi connectivity index (χ4v) is 5.02. The number of aromatic nitrogens is 3. The monoisotopic (exact) mass is 427 g/mol. The number of fused-ring (bicyclic) bond motifs is 1. The summed E-state index contributed by atoms with van der Waals surface area (Å²) in [6.45, 7) is 6.62. The van der Waals surface area contributed by atoms with Crippen LogP contribution in [0.5, 0.6) is 0 Å². The van der Waals surface area contributed by atoms with Gasteiger partial charge >= 0.3 is 0 Å². The van der Waals surface area contributed by atoms with Crippen LogP contribution in [0.3, 0.4) is 0 Å². The molecular formula is C26H29N5O. The molecule has 32 heavy (non-hydrogen) atoms. The molecule has 0 bridgehead atoms. The zero-order valence-electron chi connectivity index (χ0n) is 18.8. The van der Waals surface area contributed by atoms with Gasteiger partial charge < -0.3 is 9.80 Å². The maximum atomic E-state index is 13.3. The number of benzene rings is 1. The van der Waals surface area contributed by atoms with Crippen molar-refractivity contribution in [1.82, 2.24) is 19.5 Å². The molecule has 0 aliphatic carbocycles. The van der Waals surface area contributed by atoms with E-state index in [1.807, 2.05) is 52.9 Å². The molecule has 0 N–H and O–H groups in total. The minimum Gasteiger partial charge on any atom is -0.355 e. The van der Waals surface area contributed by atoms with Crippen molar-refractivity contribution in [2.24, 2.45) is 5.92 Å². The van der Waals surface area contributed by atoms with E-state index in [0.29, 0.717) is 0 Å². The van der Waals surface area contributed by atoms with Crippen molar-refractivity contribution in [1.29, 1.82) is 0 Å². The number of amides is 1. The maximum Gasteiger partial charge on any atom is 0.254 e. The van der Waals surface area contributed by atoms with Crippen LogP contribution in [-0.4, -0.2) is 45.0 Å². The van der Waals surface area contributed by atoms with Gasteiger partial charge in [0.05, 0.1) is 11.7 Å². The van der Waals surface area contributed by atoms with Gasteiger partial charge in [-0.1, -0.05) is 17.7 Å². The molecule has 0 spiro atoms. The summed E-state index contributed by atoms with van der Waals surface area (Å²) < 4.78 is 1.85. The number of hydrogen-bond donors (Lipinski definition) is 0. The van der Waals surface area contributed by atoms with Crippen LogP contribution in [0.15, 0.2) is 36.5 Å². The Hall–Kier alpha value is -3.33. The molecule has 2 fully saturated rings. The van der Waals surface area contributed by atoms with Crippen LogP contribution >= 0.6 is 0 Å². The molecule has 3 aromatic rings. The molecule has 0 radical (unpaired) electrons. The zero-order valence-corrected chi connectivity index (χ0v) is 18.8. The van der Waals surface area contributed by atoms with Gasteiger partial charge in [-0.05, 0) is 51.7 Å². The van der Waals surface area contributed by atoms with Gasteiger partial charge in [-0.15, -0.1) is 12.3 Å². The highest BCUT2D eigenvalue weighted by atomic mass is 16.2. The summed E-state index contributed by atoms with van der Waals surface area (Å²) in [5.41, 5.74) is 4.66. The van der Waals surface area contributed by atoms with Gasteiger partial charge in [0.15, 0.2) is 5.65 Å². The van der Waals surface area contributed by atoms with Crippen LogP contribution in [0.1, 0.15) is 58.9 Å². The number of hydrogen-bond acceptors (Lipinski definition) is 4. The first-order valence-electron chi connectivity index (χ1n) is 11.5. The molecule has 2 atom stereocenters. The van der Waals surface area contributed by atoms with Gasteiger partial charge in [0, 0.05) is 48.9 Å². The maximum absolute atomic E-state index is 13.3. The standard InChI is InChI=1S/C26H29N5O/c1-4-20-11-13-29(17-20)25-19(3)16-31-24(27-25)15-22(28-31)23-10-5-6-12-30(23)26(32)21-9-7-8-18(2)14-21/h1,7-9,14-16,20,23H,5-6,10-13,17H2,2-3H3/t20?,23-/m0/s1. The van der Waals surface area contributed by atoms with E-state index >= 15 is 0 Å². The predicted molar refractivity (Wildman–Crippen MR) is 126 cm³/mol. The lowest BCUT2D eigenvalue weighted by molar-refractivity contribution is 0.0605. The highest BCUT2D eigenvalue weighted by Gasteiger charge is 2.31. The second kappa shape index (κ2) is 8.31. The minimum absolute atomic E-state index is 0.0279. The predicted octanol–water partition coefficient (Wildman–Crippen LogP) is 4.17. The molecule has 2 aliphatic heterocycles. The molecule has 1 amide bonds. The van der Waals surface area contributed by atoms with E-state index in [0.717, 1.165) is 79.2 Å². The summed E-state index contributed by atoms with van der Waals surface area (Å²) in [6.07, 6.45) is 11.7. The summed E-state index contributed by atoms with van der Waals surface area (Å²) in [5, 5.41) is 4.85. The zero-order chi connectivity index (χ0) is 22.2. The Morgan fingerprint density at radius 1 is 1.16 bits per heavy atom. The number of terminal acetylenes is 1. The van der Waals surface area contributed by atoms with E-state index in [1.54, 1.807) is 0 Å². The average molecular weight is 428 g/mol. The van der Waals surface area contributed by atoms with Gasteiger partial charge in [0.1, 0.15) is 5.82 Å². The third-order valence-electron chi connectivity index (χ3n) is 6.72. The van der Waals surface area contributed by atoms with Crippen molar-refractivity contribution in [3.8, 4) is 12.3 Å². The first-order chi connectivity index (χ1) is 15.5. The molecule has 5 rings (SSSR count). The van der Waals surface area contributed by atoms with Crippen molar-refractivity contribution >= 4 is 17.4 Å². The Bertz CT molecular complexity index is 1210. The van der Waals surface area contributed by atoms with Crippen molar-refractivity contribution in [2.75, 3.05) is 24.5 Å². The summed E-state index contributed by atoms with van der Waals surface area (Å²) in [6, 6.07) is 9.86. The molecule has 2 saturated heterocycles. The van der Waals surface area contributed by atoms with Gasteiger partial charge in [0.25, 0.3) is 5.91 Å². The first-order valence-corrected chi connectivity index (χ1v) is 11.5. The van der Waals surface area contributed by atoms with Crippen LogP contribution < -0.4 is 4.90 Å². The molecule has 2 aliphatic rings. The summed E-state index contributed by atoms with van der Waals surface area (Å²) in [4.78, 5) is 22.6. The highest BCUT2D eigenvalue weighted by Crippen LogP contribution is 2.33. The number of aryl methyl sites for hydroxylation is 2. The molecule has 4 heterocycles. The molecule has 6 nitrogen and oxygen atoms in total.